The number of nitrogens with zero attached hydrogens (tertiary/aromatic N) is 1. The average Bonchev–Trinajstić information content (AvgIpc) is 2.74. The molecule has 0 N–H and O–H groups in total. The molecule has 0 unspecified atom stereocenters. The number of aromatic nitrogens is 1. The molecule has 0 saturated heterocycles. The largest absolute Gasteiger partial charge is 0.254 e. The minimum atomic E-state index is 0.945. The Morgan fingerprint density at radius 3 is 3.10 bits per heavy atom. The van der Waals surface area contributed by atoms with Gasteiger partial charge in [0.05, 0.1) is 6.20 Å². The van der Waals surface area contributed by atoms with Crippen molar-refractivity contribution in [2.24, 2.45) is 5.92 Å². The predicted molar refractivity (Wildman–Crippen MR) is 39.5 cm³/mol. The summed E-state index contributed by atoms with van der Waals surface area (Å²) in [5.41, 5.74) is 1.27. The Morgan fingerprint density at radius 1 is 1.60 bits per heavy atom. The van der Waals surface area contributed by atoms with E-state index in [1.807, 2.05) is 6.07 Å². The Kier molecular flexibility index (Phi) is 1.42. The number of hydrogen-bond acceptors (Lipinski definition) is 1. The van der Waals surface area contributed by atoms with Crippen LogP contribution in [0.4, 0.5) is 0 Å². The van der Waals surface area contributed by atoms with Crippen LogP contribution in [0.1, 0.15) is 18.4 Å². The zero-order chi connectivity index (χ0) is 6.81. The minimum Gasteiger partial charge on any atom is -0.254 e. The van der Waals surface area contributed by atoms with E-state index >= 15 is 0 Å². The van der Waals surface area contributed by atoms with Gasteiger partial charge in [0.1, 0.15) is 0 Å². The van der Waals surface area contributed by atoms with E-state index < -0.39 is 0 Å². The van der Waals surface area contributed by atoms with Crippen LogP contribution in [0, 0.1) is 12.1 Å². The van der Waals surface area contributed by atoms with E-state index in [-0.39, 0.29) is 0 Å². The molecule has 0 spiro atoms. The molecule has 0 aromatic carbocycles. The second kappa shape index (κ2) is 2.41. The maximum Gasteiger partial charge on any atom is 0.0920 e. The van der Waals surface area contributed by atoms with Crippen molar-refractivity contribution in [1.29, 1.82) is 0 Å². The fraction of sp³-hybridized carbons (Fsp3) is 0.444. The van der Waals surface area contributed by atoms with Gasteiger partial charge in [-0.2, -0.15) is 0 Å². The summed E-state index contributed by atoms with van der Waals surface area (Å²) in [6.07, 6.45) is 8.76. The Hall–Kier alpha value is -0.850. The van der Waals surface area contributed by atoms with Crippen molar-refractivity contribution < 1.29 is 0 Å². The summed E-state index contributed by atoms with van der Waals surface area (Å²) in [5.74, 6) is 0.945. The lowest BCUT2D eigenvalue weighted by atomic mass is 10.1. The highest BCUT2D eigenvalue weighted by Crippen LogP contribution is 2.31. The zero-order valence-corrected chi connectivity index (χ0v) is 5.88. The molecule has 2 rings (SSSR count). The van der Waals surface area contributed by atoms with Crippen LogP contribution in [0.3, 0.4) is 0 Å². The summed E-state index contributed by atoms with van der Waals surface area (Å²) in [5, 5.41) is 0. The van der Waals surface area contributed by atoms with Crippen LogP contribution in [-0.2, 0) is 6.42 Å². The van der Waals surface area contributed by atoms with Crippen molar-refractivity contribution >= 4 is 0 Å². The lowest BCUT2D eigenvalue weighted by Gasteiger charge is -1.93. The lowest BCUT2D eigenvalue weighted by Crippen LogP contribution is -1.86. The van der Waals surface area contributed by atoms with Crippen LogP contribution in [0.15, 0.2) is 18.3 Å². The SMILES string of the molecule is [c]1ncccc1CC1CC1. The van der Waals surface area contributed by atoms with Gasteiger partial charge in [0.2, 0.25) is 0 Å². The predicted octanol–water partition coefficient (Wildman–Crippen LogP) is 1.83. The van der Waals surface area contributed by atoms with Crippen molar-refractivity contribution in [3.63, 3.8) is 0 Å². The molecule has 1 fully saturated rings. The normalized spacial score (nSPS) is 17.2. The summed E-state index contributed by atoms with van der Waals surface area (Å²) < 4.78 is 0. The number of pyridine rings is 1. The second-order valence-electron chi connectivity index (χ2n) is 2.92. The fourth-order valence-corrected chi connectivity index (χ4v) is 1.11. The van der Waals surface area contributed by atoms with Crippen LogP contribution in [-0.4, -0.2) is 4.98 Å². The lowest BCUT2D eigenvalue weighted by molar-refractivity contribution is 0.826. The highest BCUT2D eigenvalue weighted by atomic mass is 14.6. The monoisotopic (exact) mass is 132 g/mol. The van der Waals surface area contributed by atoms with Crippen molar-refractivity contribution in [2.45, 2.75) is 19.3 Å². The minimum absolute atomic E-state index is 0.945. The average molecular weight is 132 g/mol. The number of rotatable bonds is 2. The van der Waals surface area contributed by atoms with E-state index in [1.54, 1.807) is 6.20 Å². The van der Waals surface area contributed by atoms with Crippen molar-refractivity contribution in [2.75, 3.05) is 0 Å². The molecule has 51 valence electrons. The fourth-order valence-electron chi connectivity index (χ4n) is 1.11. The summed E-state index contributed by atoms with van der Waals surface area (Å²) in [4.78, 5) is 3.94. The third kappa shape index (κ3) is 1.35. The molecule has 0 atom stereocenters. The Balaban J connectivity index is 2.03. The summed E-state index contributed by atoms with van der Waals surface area (Å²) in [7, 11) is 0. The molecule has 1 nitrogen and oxygen atoms in total. The molecular formula is C9H10N. The second-order valence-corrected chi connectivity index (χ2v) is 2.92. The standard InChI is InChI=1S/C9H10N/c1-2-9(7-10-5-1)6-8-3-4-8/h1-2,5,8H,3-4,6H2. The van der Waals surface area contributed by atoms with Gasteiger partial charge in [0, 0.05) is 6.20 Å². The van der Waals surface area contributed by atoms with Gasteiger partial charge in [-0.05, 0) is 36.8 Å². The topological polar surface area (TPSA) is 12.9 Å². The van der Waals surface area contributed by atoms with Crippen LogP contribution < -0.4 is 0 Å². The van der Waals surface area contributed by atoms with Gasteiger partial charge in [-0.15, -0.1) is 0 Å². The highest BCUT2D eigenvalue weighted by Gasteiger charge is 2.21. The van der Waals surface area contributed by atoms with Gasteiger partial charge in [-0.1, -0.05) is 6.07 Å². The first-order valence-corrected chi connectivity index (χ1v) is 3.77. The van der Waals surface area contributed by atoms with E-state index in [0.717, 1.165) is 5.92 Å². The summed E-state index contributed by atoms with van der Waals surface area (Å²) in [6.45, 7) is 0. The van der Waals surface area contributed by atoms with Crippen LogP contribution in [0.5, 0.6) is 0 Å². The van der Waals surface area contributed by atoms with Crippen LogP contribution >= 0.6 is 0 Å². The molecule has 1 aliphatic rings. The summed E-state index contributed by atoms with van der Waals surface area (Å²) >= 11 is 0. The summed E-state index contributed by atoms with van der Waals surface area (Å²) in [6, 6.07) is 4.08. The molecule has 0 amide bonds. The molecule has 1 saturated carbocycles. The van der Waals surface area contributed by atoms with Gasteiger partial charge in [0.15, 0.2) is 0 Å². The maximum absolute atomic E-state index is 3.94. The molecule has 1 radical (unpaired) electrons. The van der Waals surface area contributed by atoms with E-state index in [0.29, 0.717) is 0 Å². The van der Waals surface area contributed by atoms with Gasteiger partial charge >= 0.3 is 0 Å². The first kappa shape index (κ1) is 5.90. The molecule has 1 aromatic rings. The smallest absolute Gasteiger partial charge is 0.0920 e. The molecular weight excluding hydrogens is 122 g/mol. The third-order valence-corrected chi connectivity index (χ3v) is 1.87. The van der Waals surface area contributed by atoms with E-state index in [2.05, 4.69) is 17.2 Å². The number of hydrogen-bond donors (Lipinski definition) is 0. The van der Waals surface area contributed by atoms with Gasteiger partial charge in [-0.25, -0.2) is 0 Å². The molecule has 1 heteroatoms. The molecule has 0 bridgehead atoms. The molecule has 1 aromatic heterocycles. The molecule has 1 aliphatic carbocycles. The van der Waals surface area contributed by atoms with Crippen LogP contribution in [0.25, 0.3) is 0 Å². The maximum atomic E-state index is 3.94. The van der Waals surface area contributed by atoms with E-state index in [9.17, 15) is 0 Å². The van der Waals surface area contributed by atoms with E-state index in [4.69, 9.17) is 0 Å². The van der Waals surface area contributed by atoms with Crippen molar-refractivity contribution in [3.05, 3.63) is 30.1 Å². The van der Waals surface area contributed by atoms with E-state index in [1.165, 1.54) is 24.8 Å². The van der Waals surface area contributed by atoms with Crippen molar-refractivity contribution in [3.8, 4) is 0 Å². The molecule has 0 aliphatic heterocycles. The molecule has 10 heavy (non-hydrogen) atoms. The Morgan fingerprint density at radius 2 is 2.50 bits per heavy atom. The Bertz CT molecular complexity index is 201. The van der Waals surface area contributed by atoms with Crippen molar-refractivity contribution in [1.82, 2.24) is 4.98 Å². The highest BCUT2D eigenvalue weighted by molar-refractivity contribution is 5.09. The quantitative estimate of drug-likeness (QED) is 0.598. The van der Waals surface area contributed by atoms with Crippen LogP contribution in [0.2, 0.25) is 0 Å². The van der Waals surface area contributed by atoms with Gasteiger partial charge in [-0.3, -0.25) is 4.98 Å². The van der Waals surface area contributed by atoms with Gasteiger partial charge in [0.25, 0.3) is 0 Å². The molecule has 1 heterocycles. The third-order valence-electron chi connectivity index (χ3n) is 1.87. The first-order valence-electron chi connectivity index (χ1n) is 3.77. The zero-order valence-electron chi connectivity index (χ0n) is 5.88. The van der Waals surface area contributed by atoms with Gasteiger partial charge < -0.3 is 0 Å². The first-order chi connectivity index (χ1) is 4.95. The Labute approximate surface area is 61.1 Å².